The number of anilines is 1. The molecule has 2 aliphatic heterocycles. The molecule has 0 radical (unpaired) electrons. The number of sulfone groups is 1. The first-order chi connectivity index (χ1) is 16.3. The molecular formula is C26H30N4O3S. The molecule has 0 N–H and O–H groups in total. The van der Waals surface area contributed by atoms with Crippen molar-refractivity contribution < 1.29 is 13.2 Å². The first-order valence-electron chi connectivity index (χ1n) is 11.8. The lowest BCUT2D eigenvalue weighted by Crippen LogP contribution is -2.38. The van der Waals surface area contributed by atoms with E-state index in [4.69, 9.17) is 5.10 Å². The molecule has 2 aliphatic rings. The molecule has 0 spiro atoms. The third-order valence-electron chi connectivity index (χ3n) is 6.90. The highest BCUT2D eigenvalue weighted by molar-refractivity contribution is 7.90. The Morgan fingerprint density at radius 1 is 0.971 bits per heavy atom. The van der Waals surface area contributed by atoms with Crippen molar-refractivity contribution in [2.45, 2.75) is 44.0 Å². The molecule has 0 aliphatic carbocycles. The van der Waals surface area contributed by atoms with Crippen LogP contribution in [0.15, 0.2) is 53.4 Å². The zero-order valence-corrected chi connectivity index (χ0v) is 20.5. The molecule has 0 bridgehead atoms. The van der Waals surface area contributed by atoms with E-state index in [1.54, 1.807) is 12.1 Å². The fourth-order valence-electron chi connectivity index (χ4n) is 5.00. The smallest absolute Gasteiger partial charge is 0.256 e. The third-order valence-corrected chi connectivity index (χ3v) is 8.01. The van der Waals surface area contributed by atoms with Crippen molar-refractivity contribution in [2.24, 2.45) is 0 Å². The van der Waals surface area contributed by atoms with Crippen LogP contribution in [0.25, 0.3) is 5.69 Å². The van der Waals surface area contributed by atoms with Crippen LogP contribution in [0.4, 0.5) is 5.69 Å². The van der Waals surface area contributed by atoms with Gasteiger partial charge in [0.05, 0.1) is 21.8 Å². The first kappa shape index (κ1) is 22.7. The predicted molar refractivity (Wildman–Crippen MR) is 132 cm³/mol. The van der Waals surface area contributed by atoms with Gasteiger partial charge in [0, 0.05) is 55.8 Å². The van der Waals surface area contributed by atoms with Crippen LogP contribution in [0.3, 0.4) is 0 Å². The van der Waals surface area contributed by atoms with Crippen LogP contribution < -0.4 is 4.90 Å². The SMILES string of the molecule is Cc1c2c(nn1-c1ccccc1)CCN(C(=O)c1cc(S(C)(=O)=O)ccc1N1CCCCC1)C2. The predicted octanol–water partition coefficient (Wildman–Crippen LogP) is 3.77. The number of aromatic nitrogens is 2. The largest absolute Gasteiger partial charge is 0.371 e. The second-order valence-corrected chi connectivity index (χ2v) is 11.2. The Balaban J connectivity index is 1.49. The lowest BCUT2D eigenvalue weighted by atomic mass is 10.0. The number of amides is 1. The number of carbonyl (C=O) groups excluding carboxylic acids is 1. The van der Waals surface area contributed by atoms with E-state index >= 15 is 0 Å². The van der Waals surface area contributed by atoms with Gasteiger partial charge in [0.1, 0.15) is 0 Å². The van der Waals surface area contributed by atoms with Crippen molar-refractivity contribution in [2.75, 3.05) is 30.8 Å². The van der Waals surface area contributed by atoms with Crippen molar-refractivity contribution >= 4 is 21.4 Å². The Morgan fingerprint density at radius 3 is 2.41 bits per heavy atom. The van der Waals surface area contributed by atoms with Gasteiger partial charge in [-0.15, -0.1) is 0 Å². The molecule has 2 aromatic carbocycles. The van der Waals surface area contributed by atoms with E-state index in [0.717, 1.165) is 54.3 Å². The quantitative estimate of drug-likeness (QED) is 0.571. The second kappa shape index (κ2) is 8.91. The van der Waals surface area contributed by atoms with Crippen LogP contribution in [0, 0.1) is 6.92 Å². The summed E-state index contributed by atoms with van der Waals surface area (Å²) in [5.41, 5.74) is 5.43. The van der Waals surface area contributed by atoms with Gasteiger partial charge in [-0.3, -0.25) is 4.79 Å². The Kier molecular flexibility index (Phi) is 5.93. The molecule has 0 unspecified atom stereocenters. The number of benzene rings is 2. The Bertz CT molecular complexity index is 1330. The number of fused-ring (bicyclic) bond motifs is 1. The number of hydrogen-bond acceptors (Lipinski definition) is 5. The molecule has 178 valence electrons. The monoisotopic (exact) mass is 478 g/mol. The zero-order valence-electron chi connectivity index (χ0n) is 19.7. The second-order valence-electron chi connectivity index (χ2n) is 9.23. The van der Waals surface area contributed by atoms with Gasteiger partial charge in [-0.05, 0) is 56.5 Å². The molecule has 5 rings (SSSR count). The lowest BCUT2D eigenvalue weighted by Gasteiger charge is -2.33. The molecule has 1 amide bonds. The van der Waals surface area contributed by atoms with E-state index in [-0.39, 0.29) is 10.8 Å². The molecular weight excluding hydrogens is 448 g/mol. The lowest BCUT2D eigenvalue weighted by molar-refractivity contribution is 0.0734. The van der Waals surface area contributed by atoms with Crippen LogP contribution >= 0.6 is 0 Å². The molecule has 0 saturated carbocycles. The number of nitrogens with zero attached hydrogens (tertiary/aromatic N) is 4. The van der Waals surface area contributed by atoms with Gasteiger partial charge in [-0.1, -0.05) is 18.2 Å². The molecule has 3 aromatic rings. The third kappa shape index (κ3) is 4.22. The van der Waals surface area contributed by atoms with Gasteiger partial charge in [0.15, 0.2) is 9.84 Å². The summed E-state index contributed by atoms with van der Waals surface area (Å²) < 4.78 is 26.5. The molecule has 8 heteroatoms. The fourth-order valence-corrected chi connectivity index (χ4v) is 5.65. The number of piperidine rings is 1. The minimum Gasteiger partial charge on any atom is -0.371 e. The first-order valence-corrected chi connectivity index (χ1v) is 13.7. The van der Waals surface area contributed by atoms with Crippen molar-refractivity contribution in [3.05, 3.63) is 71.0 Å². The van der Waals surface area contributed by atoms with E-state index in [1.807, 2.05) is 52.9 Å². The van der Waals surface area contributed by atoms with Gasteiger partial charge in [-0.2, -0.15) is 5.10 Å². The van der Waals surface area contributed by atoms with E-state index in [1.165, 1.54) is 12.7 Å². The molecule has 1 saturated heterocycles. The van der Waals surface area contributed by atoms with Crippen molar-refractivity contribution in [1.82, 2.24) is 14.7 Å². The van der Waals surface area contributed by atoms with Gasteiger partial charge >= 0.3 is 0 Å². The maximum absolute atomic E-state index is 13.8. The maximum atomic E-state index is 13.8. The minimum absolute atomic E-state index is 0.122. The van der Waals surface area contributed by atoms with Crippen molar-refractivity contribution in [3.8, 4) is 5.69 Å². The zero-order chi connectivity index (χ0) is 23.9. The van der Waals surface area contributed by atoms with E-state index < -0.39 is 9.84 Å². The summed E-state index contributed by atoms with van der Waals surface area (Å²) in [6, 6.07) is 15.0. The molecule has 0 atom stereocenters. The van der Waals surface area contributed by atoms with Crippen LogP contribution in [-0.2, 0) is 22.8 Å². The summed E-state index contributed by atoms with van der Waals surface area (Å²) in [5, 5.41) is 4.82. The topological polar surface area (TPSA) is 75.5 Å². The van der Waals surface area contributed by atoms with Crippen LogP contribution in [0.5, 0.6) is 0 Å². The van der Waals surface area contributed by atoms with Gasteiger partial charge in [0.2, 0.25) is 0 Å². The van der Waals surface area contributed by atoms with Crippen LogP contribution in [0.2, 0.25) is 0 Å². The highest BCUT2D eigenvalue weighted by Gasteiger charge is 2.30. The molecule has 34 heavy (non-hydrogen) atoms. The summed E-state index contributed by atoms with van der Waals surface area (Å²) in [7, 11) is -3.42. The van der Waals surface area contributed by atoms with Crippen LogP contribution in [0.1, 0.15) is 46.6 Å². The summed E-state index contributed by atoms with van der Waals surface area (Å²) in [6.07, 6.45) is 5.19. The van der Waals surface area contributed by atoms with Gasteiger partial charge in [-0.25, -0.2) is 13.1 Å². The van der Waals surface area contributed by atoms with Gasteiger partial charge < -0.3 is 9.80 Å². The number of rotatable bonds is 4. The number of para-hydroxylation sites is 1. The Hall–Kier alpha value is -3.13. The Morgan fingerprint density at radius 2 is 1.71 bits per heavy atom. The molecule has 1 fully saturated rings. The standard InChI is InChI=1S/C26H30N4O3S/c1-19-23-18-29(16-13-24(23)27-30(19)20-9-5-3-6-10-20)26(31)22-17-21(34(2,32)33)11-12-25(22)28-14-7-4-8-15-28/h3,5-6,9-12,17H,4,7-8,13-16,18H2,1-2H3. The normalized spacial score (nSPS) is 16.4. The van der Waals surface area contributed by atoms with E-state index in [0.29, 0.717) is 25.1 Å². The van der Waals surface area contributed by atoms with Crippen molar-refractivity contribution in [3.63, 3.8) is 0 Å². The maximum Gasteiger partial charge on any atom is 0.256 e. The molecule has 7 nitrogen and oxygen atoms in total. The Labute approximate surface area is 200 Å². The van der Waals surface area contributed by atoms with E-state index in [9.17, 15) is 13.2 Å². The van der Waals surface area contributed by atoms with Gasteiger partial charge in [0.25, 0.3) is 5.91 Å². The minimum atomic E-state index is -3.42. The average Bonchev–Trinajstić information content (AvgIpc) is 3.19. The summed E-state index contributed by atoms with van der Waals surface area (Å²) >= 11 is 0. The van der Waals surface area contributed by atoms with Crippen molar-refractivity contribution in [1.29, 1.82) is 0 Å². The number of carbonyl (C=O) groups is 1. The average molecular weight is 479 g/mol. The highest BCUT2D eigenvalue weighted by Crippen LogP contribution is 2.31. The van der Waals surface area contributed by atoms with Crippen LogP contribution in [-0.4, -0.2) is 54.9 Å². The summed E-state index contributed by atoms with van der Waals surface area (Å²) in [5.74, 6) is -0.122. The summed E-state index contributed by atoms with van der Waals surface area (Å²) in [4.78, 5) is 18.1. The molecule has 3 heterocycles. The summed E-state index contributed by atoms with van der Waals surface area (Å²) in [6.45, 7) is 4.82. The fraction of sp³-hybridized carbons (Fsp3) is 0.385. The highest BCUT2D eigenvalue weighted by atomic mass is 32.2. The van der Waals surface area contributed by atoms with E-state index in [2.05, 4.69) is 4.90 Å². The number of hydrogen-bond donors (Lipinski definition) is 0. The molecule has 1 aromatic heterocycles.